The van der Waals surface area contributed by atoms with Crippen LogP contribution in [0.4, 0.5) is 15.9 Å². The average Bonchev–Trinajstić information content (AvgIpc) is 2.68. The van der Waals surface area contributed by atoms with Crippen LogP contribution >= 0.6 is 0 Å². The van der Waals surface area contributed by atoms with E-state index in [0.717, 1.165) is 19.4 Å². The number of benzene rings is 2. The Morgan fingerprint density at radius 1 is 0.962 bits per heavy atom. The largest absolute Gasteiger partial charge is 0.369 e. The molecule has 0 radical (unpaired) electrons. The molecule has 0 aliphatic carbocycles. The molecule has 2 N–H and O–H groups in total. The van der Waals surface area contributed by atoms with Gasteiger partial charge in [-0.3, -0.25) is 4.79 Å². The van der Waals surface area contributed by atoms with Crippen LogP contribution in [0.25, 0.3) is 0 Å². The van der Waals surface area contributed by atoms with Gasteiger partial charge in [-0.15, -0.1) is 0 Å². The van der Waals surface area contributed by atoms with Crippen LogP contribution in [-0.2, 0) is 6.42 Å². The second-order valence-corrected chi connectivity index (χ2v) is 5.74. The molecule has 0 unspecified atom stereocenters. The third kappa shape index (κ3) is 4.86. The van der Waals surface area contributed by atoms with E-state index in [1.165, 1.54) is 30.1 Å². The molecule has 0 bridgehead atoms. The SMILES string of the molecule is O=C(Nc1ccccc1F)c1cnc(NCCCc2ccccc2)cn1. The second-order valence-electron chi connectivity index (χ2n) is 5.74. The number of amides is 1. The van der Waals surface area contributed by atoms with Crippen LogP contribution in [0.3, 0.4) is 0 Å². The minimum atomic E-state index is -0.502. The van der Waals surface area contributed by atoms with Crippen molar-refractivity contribution in [3.05, 3.63) is 84.1 Å². The van der Waals surface area contributed by atoms with Crippen molar-refractivity contribution < 1.29 is 9.18 Å². The van der Waals surface area contributed by atoms with Crippen molar-refractivity contribution in [2.75, 3.05) is 17.2 Å². The number of nitrogens with zero attached hydrogens (tertiary/aromatic N) is 2. The Morgan fingerprint density at radius 2 is 1.73 bits per heavy atom. The molecule has 0 fully saturated rings. The lowest BCUT2D eigenvalue weighted by Crippen LogP contribution is -2.15. The number of rotatable bonds is 7. The van der Waals surface area contributed by atoms with E-state index in [1.54, 1.807) is 12.1 Å². The molecule has 1 aromatic heterocycles. The summed E-state index contributed by atoms with van der Waals surface area (Å²) in [6.45, 7) is 0.754. The molecule has 0 spiro atoms. The van der Waals surface area contributed by atoms with E-state index in [4.69, 9.17) is 0 Å². The van der Waals surface area contributed by atoms with Crippen LogP contribution in [0, 0.1) is 5.82 Å². The highest BCUT2D eigenvalue weighted by Crippen LogP contribution is 2.13. The quantitative estimate of drug-likeness (QED) is 0.634. The Bertz CT molecular complexity index is 853. The molecule has 1 heterocycles. The predicted molar refractivity (Wildman–Crippen MR) is 99.6 cm³/mol. The molecule has 0 aliphatic heterocycles. The Kier molecular flexibility index (Phi) is 5.88. The van der Waals surface area contributed by atoms with Gasteiger partial charge in [0.2, 0.25) is 0 Å². The molecule has 5 nitrogen and oxygen atoms in total. The zero-order chi connectivity index (χ0) is 18.2. The molecular formula is C20H19FN4O. The number of nitrogens with one attached hydrogen (secondary N) is 2. The van der Waals surface area contributed by atoms with Crippen LogP contribution in [0.1, 0.15) is 22.5 Å². The Balaban J connectivity index is 1.48. The molecule has 3 rings (SSSR count). The summed E-state index contributed by atoms with van der Waals surface area (Å²) < 4.78 is 13.6. The summed E-state index contributed by atoms with van der Waals surface area (Å²) in [4.78, 5) is 20.4. The van der Waals surface area contributed by atoms with Crippen LogP contribution < -0.4 is 10.6 Å². The fourth-order valence-electron chi connectivity index (χ4n) is 2.44. The van der Waals surface area contributed by atoms with Crippen molar-refractivity contribution in [3.8, 4) is 0 Å². The van der Waals surface area contributed by atoms with Crippen LogP contribution in [0.2, 0.25) is 0 Å². The topological polar surface area (TPSA) is 66.9 Å². The van der Waals surface area contributed by atoms with Crippen LogP contribution in [0.5, 0.6) is 0 Å². The normalized spacial score (nSPS) is 10.3. The molecule has 0 saturated carbocycles. The lowest BCUT2D eigenvalue weighted by Gasteiger charge is -2.07. The van der Waals surface area contributed by atoms with Gasteiger partial charge in [0.15, 0.2) is 0 Å². The molecule has 26 heavy (non-hydrogen) atoms. The zero-order valence-corrected chi connectivity index (χ0v) is 14.2. The summed E-state index contributed by atoms with van der Waals surface area (Å²) in [6.07, 6.45) is 4.81. The number of aryl methyl sites for hydroxylation is 1. The number of halogens is 1. The molecule has 0 aliphatic rings. The zero-order valence-electron chi connectivity index (χ0n) is 14.2. The summed E-state index contributed by atoms with van der Waals surface area (Å²) in [7, 11) is 0. The highest BCUT2D eigenvalue weighted by Gasteiger charge is 2.10. The first-order valence-electron chi connectivity index (χ1n) is 8.38. The van der Waals surface area contributed by atoms with E-state index >= 15 is 0 Å². The van der Waals surface area contributed by atoms with E-state index in [0.29, 0.717) is 5.82 Å². The average molecular weight is 350 g/mol. The number of carbonyl (C=O) groups is 1. The van der Waals surface area contributed by atoms with E-state index in [1.807, 2.05) is 18.2 Å². The number of aromatic nitrogens is 2. The first-order chi connectivity index (χ1) is 12.7. The minimum Gasteiger partial charge on any atom is -0.369 e. The number of hydrogen-bond acceptors (Lipinski definition) is 4. The Labute approximate surface area is 151 Å². The molecule has 132 valence electrons. The summed E-state index contributed by atoms with van der Waals surface area (Å²) in [5, 5.41) is 5.65. The van der Waals surface area contributed by atoms with Gasteiger partial charge in [-0.05, 0) is 30.5 Å². The maximum Gasteiger partial charge on any atom is 0.275 e. The van der Waals surface area contributed by atoms with Crippen molar-refractivity contribution >= 4 is 17.4 Å². The van der Waals surface area contributed by atoms with Gasteiger partial charge in [-0.25, -0.2) is 14.4 Å². The predicted octanol–water partition coefficient (Wildman–Crippen LogP) is 3.91. The van der Waals surface area contributed by atoms with Gasteiger partial charge in [-0.1, -0.05) is 42.5 Å². The van der Waals surface area contributed by atoms with Crippen LogP contribution in [-0.4, -0.2) is 22.4 Å². The Hall–Kier alpha value is -3.28. The van der Waals surface area contributed by atoms with E-state index in [9.17, 15) is 9.18 Å². The van der Waals surface area contributed by atoms with Gasteiger partial charge in [0.25, 0.3) is 5.91 Å². The molecule has 0 saturated heterocycles. The van der Waals surface area contributed by atoms with Crippen LogP contribution in [0.15, 0.2) is 67.0 Å². The third-order valence-electron chi connectivity index (χ3n) is 3.80. The van der Waals surface area contributed by atoms with Crippen molar-refractivity contribution in [3.63, 3.8) is 0 Å². The van der Waals surface area contributed by atoms with Crippen molar-refractivity contribution in [2.45, 2.75) is 12.8 Å². The van der Waals surface area contributed by atoms with Gasteiger partial charge in [0.05, 0.1) is 18.1 Å². The number of carbonyl (C=O) groups excluding carboxylic acids is 1. The summed E-state index contributed by atoms with van der Waals surface area (Å²) in [6, 6.07) is 16.2. The molecule has 3 aromatic rings. The van der Waals surface area contributed by atoms with Crippen molar-refractivity contribution in [1.29, 1.82) is 0 Å². The fourth-order valence-corrected chi connectivity index (χ4v) is 2.44. The first kappa shape index (κ1) is 17.5. The van der Waals surface area contributed by atoms with E-state index in [2.05, 4.69) is 32.7 Å². The maximum absolute atomic E-state index is 13.6. The van der Waals surface area contributed by atoms with E-state index in [-0.39, 0.29) is 11.4 Å². The second kappa shape index (κ2) is 8.71. The molecule has 0 atom stereocenters. The summed E-state index contributed by atoms with van der Waals surface area (Å²) in [5.41, 5.74) is 1.53. The lowest BCUT2D eigenvalue weighted by molar-refractivity contribution is 0.102. The lowest BCUT2D eigenvalue weighted by atomic mass is 10.1. The van der Waals surface area contributed by atoms with E-state index < -0.39 is 11.7 Å². The summed E-state index contributed by atoms with van der Waals surface area (Å²) in [5.74, 6) is -0.399. The number of hydrogen-bond donors (Lipinski definition) is 2. The molecular weight excluding hydrogens is 331 g/mol. The Morgan fingerprint density at radius 3 is 2.46 bits per heavy atom. The van der Waals surface area contributed by atoms with Gasteiger partial charge in [-0.2, -0.15) is 0 Å². The molecule has 1 amide bonds. The van der Waals surface area contributed by atoms with Crippen molar-refractivity contribution in [1.82, 2.24) is 9.97 Å². The highest BCUT2D eigenvalue weighted by molar-refractivity contribution is 6.02. The smallest absolute Gasteiger partial charge is 0.275 e. The molecule has 2 aromatic carbocycles. The number of para-hydroxylation sites is 1. The van der Waals surface area contributed by atoms with Gasteiger partial charge >= 0.3 is 0 Å². The van der Waals surface area contributed by atoms with Gasteiger partial charge < -0.3 is 10.6 Å². The monoisotopic (exact) mass is 350 g/mol. The summed E-state index contributed by atoms with van der Waals surface area (Å²) >= 11 is 0. The molecule has 6 heteroatoms. The highest BCUT2D eigenvalue weighted by atomic mass is 19.1. The maximum atomic E-state index is 13.6. The van der Waals surface area contributed by atoms with Crippen molar-refractivity contribution in [2.24, 2.45) is 0 Å². The minimum absolute atomic E-state index is 0.113. The standard InChI is InChI=1S/C20H19FN4O/c21-16-10-4-5-11-17(16)25-20(26)18-13-24-19(14-23-18)22-12-6-9-15-7-2-1-3-8-15/h1-5,7-8,10-11,13-14H,6,9,12H2,(H,22,24)(H,25,26). The first-order valence-corrected chi connectivity index (χ1v) is 8.38. The van der Waals surface area contributed by atoms with Gasteiger partial charge in [0.1, 0.15) is 17.3 Å². The third-order valence-corrected chi connectivity index (χ3v) is 3.80. The van der Waals surface area contributed by atoms with Gasteiger partial charge in [0, 0.05) is 6.54 Å². The number of anilines is 2. The fraction of sp³-hybridized carbons (Fsp3) is 0.150.